The SMILES string of the molecule is O=C(c1ccccc1)N1CCN(C(=O)c2csc(-c3cccs3)n2)CC1. The molecule has 2 aromatic heterocycles. The monoisotopic (exact) mass is 383 g/mol. The number of hydrogen-bond donors (Lipinski definition) is 0. The minimum absolute atomic E-state index is 0.0198. The highest BCUT2D eigenvalue weighted by Crippen LogP contribution is 2.28. The first-order valence-electron chi connectivity index (χ1n) is 8.35. The van der Waals surface area contributed by atoms with E-state index >= 15 is 0 Å². The van der Waals surface area contributed by atoms with Gasteiger partial charge in [0.05, 0.1) is 4.88 Å². The van der Waals surface area contributed by atoms with Crippen LogP contribution in [0.5, 0.6) is 0 Å². The van der Waals surface area contributed by atoms with Crippen LogP contribution in [0, 0.1) is 0 Å². The molecule has 0 radical (unpaired) electrons. The second-order valence-electron chi connectivity index (χ2n) is 5.97. The van der Waals surface area contributed by atoms with Crippen LogP contribution in [0.25, 0.3) is 9.88 Å². The van der Waals surface area contributed by atoms with E-state index in [9.17, 15) is 9.59 Å². The Morgan fingerprint density at radius 2 is 1.54 bits per heavy atom. The lowest BCUT2D eigenvalue weighted by atomic mass is 10.2. The first kappa shape index (κ1) is 16.9. The van der Waals surface area contributed by atoms with Gasteiger partial charge in [-0.1, -0.05) is 24.3 Å². The molecule has 1 aliphatic rings. The number of amides is 2. The van der Waals surface area contributed by atoms with Gasteiger partial charge in [0.15, 0.2) is 0 Å². The topological polar surface area (TPSA) is 53.5 Å². The van der Waals surface area contributed by atoms with E-state index in [-0.39, 0.29) is 11.8 Å². The molecule has 26 heavy (non-hydrogen) atoms. The number of nitrogens with zero attached hydrogens (tertiary/aromatic N) is 3. The molecule has 0 unspecified atom stereocenters. The highest BCUT2D eigenvalue weighted by molar-refractivity contribution is 7.20. The zero-order chi connectivity index (χ0) is 17.9. The molecule has 4 rings (SSSR count). The highest BCUT2D eigenvalue weighted by atomic mass is 32.1. The molecular formula is C19H17N3O2S2. The van der Waals surface area contributed by atoms with Gasteiger partial charge in [0.2, 0.25) is 0 Å². The summed E-state index contributed by atoms with van der Waals surface area (Å²) in [5.74, 6) is -0.0396. The van der Waals surface area contributed by atoms with E-state index in [1.165, 1.54) is 11.3 Å². The zero-order valence-corrected chi connectivity index (χ0v) is 15.6. The Bertz CT molecular complexity index is 898. The van der Waals surface area contributed by atoms with Gasteiger partial charge < -0.3 is 9.80 Å². The summed E-state index contributed by atoms with van der Waals surface area (Å²) in [6, 6.07) is 13.2. The molecule has 1 aliphatic heterocycles. The van der Waals surface area contributed by atoms with E-state index in [0.29, 0.717) is 37.4 Å². The number of rotatable bonds is 3. The second-order valence-corrected chi connectivity index (χ2v) is 7.77. The molecule has 0 spiro atoms. The van der Waals surface area contributed by atoms with Gasteiger partial charge in [-0.2, -0.15) is 0 Å². The Morgan fingerprint density at radius 3 is 2.19 bits per heavy atom. The van der Waals surface area contributed by atoms with Crippen molar-refractivity contribution in [3.63, 3.8) is 0 Å². The number of benzene rings is 1. The summed E-state index contributed by atoms with van der Waals surface area (Å²) in [5.41, 5.74) is 1.17. The summed E-state index contributed by atoms with van der Waals surface area (Å²) in [5, 5.41) is 4.70. The second kappa shape index (κ2) is 7.39. The fourth-order valence-corrected chi connectivity index (χ4v) is 4.53. The van der Waals surface area contributed by atoms with Gasteiger partial charge in [-0.25, -0.2) is 4.98 Å². The maximum absolute atomic E-state index is 12.7. The molecule has 3 heterocycles. The lowest BCUT2D eigenvalue weighted by Gasteiger charge is -2.34. The molecule has 5 nitrogen and oxygen atoms in total. The number of thiazole rings is 1. The third-order valence-corrected chi connectivity index (χ3v) is 6.21. The van der Waals surface area contributed by atoms with Crippen LogP contribution in [0.15, 0.2) is 53.2 Å². The van der Waals surface area contributed by atoms with Crippen molar-refractivity contribution in [3.8, 4) is 9.88 Å². The molecule has 0 N–H and O–H groups in total. The number of carbonyl (C=O) groups is 2. The fraction of sp³-hybridized carbons (Fsp3) is 0.211. The van der Waals surface area contributed by atoms with Gasteiger partial charge >= 0.3 is 0 Å². The number of carbonyl (C=O) groups excluding carboxylic acids is 2. The van der Waals surface area contributed by atoms with Crippen molar-refractivity contribution in [1.29, 1.82) is 0 Å². The van der Waals surface area contributed by atoms with E-state index in [2.05, 4.69) is 4.98 Å². The highest BCUT2D eigenvalue weighted by Gasteiger charge is 2.26. The van der Waals surface area contributed by atoms with Crippen LogP contribution in [-0.2, 0) is 0 Å². The quantitative estimate of drug-likeness (QED) is 0.696. The first-order chi connectivity index (χ1) is 12.7. The number of hydrogen-bond acceptors (Lipinski definition) is 5. The molecule has 1 fully saturated rings. The van der Waals surface area contributed by atoms with Gasteiger partial charge in [-0.3, -0.25) is 9.59 Å². The van der Waals surface area contributed by atoms with Crippen molar-refractivity contribution in [3.05, 3.63) is 64.5 Å². The minimum Gasteiger partial charge on any atom is -0.335 e. The molecule has 0 atom stereocenters. The zero-order valence-electron chi connectivity index (χ0n) is 14.0. The normalized spacial score (nSPS) is 14.5. The van der Waals surface area contributed by atoms with Gasteiger partial charge in [-0.05, 0) is 23.6 Å². The standard InChI is InChI=1S/C19H17N3O2S2/c23-18(14-5-2-1-3-6-14)21-8-10-22(11-9-21)19(24)15-13-26-17(20-15)16-7-4-12-25-16/h1-7,12-13H,8-11H2. The summed E-state index contributed by atoms with van der Waals surface area (Å²) in [4.78, 5) is 34.3. The average Bonchev–Trinajstić information content (AvgIpc) is 3.39. The van der Waals surface area contributed by atoms with Crippen molar-refractivity contribution >= 4 is 34.5 Å². The van der Waals surface area contributed by atoms with Crippen molar-refractivity contribution in [1.82, 2.24) is 14.8 Å². The van der Waals surface area contributed by atoms with E-state index in [4.69, 9.17) is 0 Å². The van der Waals surface area contributed by atoms with Crippen LogP contribution in [0.1, 0.15) is 20.8 Å². The maximum atomic E-state index is 12.7. The number of piperazine rings is 1. The first-order valence-corrected chi connectivity index (χ1v) is 10.1. The summed E-state index contributed by atoms with van der Waals surface area (Å²) >= 11 is 3.11. The third-order valence-electron chi connectivity index (χ3n) is 4.33. The Morgan fingerprint density at radius 1 is 0.846 bits per heavy atom. The van der Waals surface area contributed by atoms with Crippen LogP contribution >= 0.6 is 22.7 Å². The van der Waals surface area contributed by atoms with Crippen LogP contribution in [0.2, 0.25) is 0 Å². The molecule has 0 saturated carbocycles. The molecule has 3 aromatic rings. The lowest BCUT2D eigenvalue weighted by molar-refractivity contribution is 0.0533. The van der Waals surface area contributed by atoms with Crippen molar-refractivity contribution in [2.45, 2.75) is 0 Å². The summed E-state index contributed by atoms with van der Waals surface area (Å²) in [7, 11) is 0. The Labute approximate surface area is 159 Å². The van der Waals surface area contributed by atoms with E-state index in [1.807, 2.05) is 53.2 Å². The van der Waals surface area contributed by atoms with Crippen molar-refractivity contribution < 1.29 is 9.59 Å². The van der Waals surface area contributed by atoms with Crippen molar-refractivity contribution in [2.24, 2.45) is 0 Å². The van der Waals surface area contributed by atoms with Gasteiger partial charge in [-0.15, -0.1) is 22.7 Å². The molecule has 1 aromatic carbocycles. The third kappa shape index (κ3) is 3.40. The predicted molar refractivity (Wildman–Crippen MR) is 104 cm³/mol. The van der Waals surface area contributed by atoms with Crippen LogP contribution in [-0.4, -0.2) is 52.8 Å². The maximum Gasteiger partial charge on any atom is 0.273 e. The van der Waals surface area contributed by atoms with E-state index in [0.717, 1.165) is 9.88 Å². The van der Waals surface area contributed by atoms with Crippen LogP contribution < -0.4 is 0 Å². The van der Waals surface area contributed by atoms with Crippen LogP contribution in [0.3, 0.4) is 0 Å². The lowest BCUT2D eigenvalue weighted by Crippen LogP contribution is -2.50. The largest absolute Gasteiger partial charge is 0.335 e. The van der Waals surface area contributed by atoms with Gasteiger partial charge in [0, 0.05) is 37.1 Å². The van der Waals surface area contributed by atoms with Gasteiger partial charge in [0.25, 0.3) is 11.8 Å². The van der Waals surface area contributed by atoms with Crippen LogP contribution in [0.4, 0.5) is 0 Å². The Hall–Kier alpha value is -2.51. The molecule has 1 saturated heterocycles. The Balaban J connectivity index is 1.39. The molecule has 0 aliphatic carbocycles. The molecule has 7 heteroatoms. The molecule has 132 valence electrons. The molecule has 2 amide bonds. The summed E-state index contributed by atoms with van der Waals surface area (Å²) in [6.07, 6.45) is 0. The van der Waals surface area contributed by atoms with E-state index in [1.54, 1.807) is 21.1 Å². The smallest absolute Gasteiger partial charge is 0.273 e. The number of aromatic nitrogens is 1. The minimum atomic E-state index is -0.0594. The molecular weight excluding hydrogens is 366 g/mol. The average molecular weight is 383 g/mol. The van der Waals surface area contributed by atoms with Crippen molar-refractivity contribution in [2.75, 3.05) is 26.2 Å². The number of thiophene rings is 1. The summed E-state index contributed by atoms with van der Waals surface area (Å²) in [6.45, 7) is 2.15. The Kier molecular flexibility index (Phi) is 4.81. The summed E-state index contributed by atoms with van der Waals surface area (Å²) < 4.78 is 0. The van der Waals surface area contributed by atoms with Gasteiger partial charge in [0.1, 0.15) is 10.7 Å². The molecule has 0 bridgehead atoms. The fourth-order valence-electron chi connectivity index (χ4n) is 2.92. The predicted octanol–water partition coefficient (Wildman–Crippen LogP) is 3.47. The van der Waals surface area contributed by atoms with E-state index < -0.39 is 0 Å².